The van der Waals surface area contributed by atoms with Gasteiger partial charge < -0.3 is 19.8 Å². The Morgan fingerprint density at radius 1 is 1.00 bits per heavy atom. The topological polar surface area (TPSA) is 119 Å². The highest BCUT2D eigenvalue weighted by Crippen LogP contribution is 2.40. The molecule has 2 aromatic heterocycles. The number of imidazole rings is 1. The summed E-state index contributed by atoms with van der Waals surface area (Å²) in [6.07, 6.45) is 4.00. The molecule has 1 amide bonds. The molecule has 11 heteroatoms. The van der Waals surface area contributed by atoms with Crippen LogP contribution >= 0.6 is 22.9 Å². The number of aromatic nitrogens is 3. The lowest BCUT2D eigenvalue weighted by Gasteiger charge is -2.37. The third-order valence-corrected chi connectivity index (χ3v) is 7.35. The molecule has 2 heterocycles. The van der Waals surface area contributed by atoms with E-state index >= 15 is 0 Å². The van der Waals surface area contributed by atoms with E-state index in [0.717, 1.165) is 28.0 Å². The van der Waals surface area contributed by atoms with Gasteiger partial charge in [0.25, 0.3) is 0 Å². The van der Waals surface area contributed by atoms with Crippen molar-refractivity contribution in [3.8, 4) is 0 Å². The summed E-state index contributed by atoms with van der Waals surface area (Å²) in [7, 11) is 0. The average molecular weight is 572 g/mol. The molecule has 5 aromatic rings. The van der Waals surface area contributed by atoms with Crippen LogP contribution in [0, 0.1) is 0 Å². The van der Waals surface area contributed by atoms with E-state index in [-0.39, 0.29) is 21.8 Å². The fourth-order valence-electron chi connectivity index (χ4n) is 4.51. The van der Waals surface area contributed by atoms with Crippen molar-refractivity contribution in [2.24, 2.45) is 5.16 Å². The number of carbonyl (C=O) groups is 2. The van der Waals surface area contributed by atoms with Gasteiger partial charge >= 0.3 is 5.97 Å². The smallest absolute Gasteiger partial charge is 0.360 e. The number of carboxylic acid groups (broad SMARTS) is 1. The van der Waals surface area contributed by atoms with Crippen LogP contribution in [-0.4, -0.2) is 37.7 Å². The quantitative estimate of drug-likeness (QED) is 0.0947. The lowest BCUT2D eigenvalue weighted by Crippen LogP contribution is -2.36. The summed E-state index contributed by atoms with van der Waals surface area (Å²) in [5, 5.41) is 15.9. The molecular weight excluding hydrogens is 550 g/mol. The maximum Gasteiger partial charge on any atom is 0.360 e. The van der Waals surface area contributed by atoms with Gasteiger partial charge in [-0.1, -0.05) is 119 Å². The van der Waals surface area contributed by atoms with Crippen LogP contribution in [0.2, 0.25) is 4.34 Å². The number of anilines is 1. The number of halogens is 1. The number of hydrogen-bond donors (Lipinski definition) is 2. The summed E-state index contributed by atoms with van der Waals surface area (Å²) in [6, 6.07) is 30.4. The molecule has 0 aliphatic carbocycles. The number of benzene rings is 3. The summed E-state index contributed by atoms with van der Waals surface area (Å²) in [5.74, 6) is -1.38. The number of amides is 1. The zero-order chi connectivity index (χ0) is 28.0. The van der Waals surface area contributed by atoms with Gasteiger partial charge in [-0.25, -0.2) is 14.8 Å². The van der Waals surface area contributed by atoms with Crippen LogP contribution in [-0.2, 0) is 26.6 Å². The van der Waals surface area contributed by atoms with E-state index in [0.29, 0.717) is 12.1 Å². The maximum atomic E-state index is 11.9. The Labute approximate surface area is 238 Å². The van der Waals surface area contributed by atoms with E-state index in [1.165, 1.54) is 0 Å². The van der Waals surface area contributed by atoms with Gasteiger partial charge in [0.2, 0.25) is 12.1 Å². The first-order valence-corrected chi connectivity index (χ1v) is 13.2. The molecule has 0 bridgehead atoms. The second kappa shape index (κ2) is 11.9. The van der Waals surface area contributed by atoms with E-state index in [1.807, 2.05) is 65.4 Å². The van der Waals surface area contributed by atoms with Crippen molar-refractivity contribution >= 4 is 46.2 Å². The maximum absolute atomic E-state index is 11.9. The van der Waals surface area contributed by atoms with Gasteiger partial charge in [-0.3, -0.25) is 4.79 Å². The summed E-state index contributed by atoms with van der Waals surface area (Å²) in [6.45, 7) is -0.112. The van der Waals surface area contributed by atoms with Crippen LogP contribution in [0.3, 0.4) is 0 Å². The summed E-state index contributed by atoms with van der Waals surface area (Å²) < 4.78 is 2.07. The summed E-state index contributed by atoms with van der Waals surface area (Å²) >= 11 is 7.04. The first kappa shape index (κ1) is 26.8. The van der Waals surface area contributed by atoms with E-state index in [9.17, 15) is 14.7 Å². The Balaban J connectivity index is 1.52. The number of carboxylic acids is 1. The minimum atomic E-state index is -1.38. The largest absolute Gasteiger partial charge is 0.476 e. The minimum Gasteiger partial charge on any atom is -0.476 e. The molecule has 0 spiro atoms. The molecule has 3 aromatic carbocycles. The van der Waals surface area contributed by atoms with Gasteiger partial charge in [-0.05, 0) is 16.7 Å². The van der Waals surface area contributed by atoms with Crippen molar-refractivity contribution in [3.05, 3.63) is 136 Å². The minimum absolute atomic E-state index is 0.0525. The standard InChI is InChI=1S/C29H22ClN5O4S/c30-26-24(33-28(40-26)32-19-36)25(27(37)38)34-39-17-23-16-35(18-31-23)29(20-10-4-1-5-11-20,21-12-6-2-7-13-21)22-14-8-3-9-15-22/h1-16,18-19H,17H2,(H,37,38)(H,32,33,36). The normalized spacial score (nSPS) is 11.7. The van der Waals surface area contributed by atoms with E-state index in [1.54, 1.807) is 6.33 Å². The molecule has 0 atom stereocenters. The van der Waals surface area contributed by atoms with E-state index in [4.69, 9.17) is 16.4 Å². The Morgan fingerprint density at radius 3 is 2.05 bits per heavy atom. The van der Waals surface area contributed by atoms with E-state index in [2.05, 4.69) is 56.8 Å². The Morgan fingerprint density at radius 2 is 1.55 bits per heavy atom. The van der Waals surface area contributed by atoms with Crippen LogP contribution in [0.5, 0.6) is 0 Å². The highest BCUT2D eigenvalue weighted by molar-refractivity contribution is 7.20. The van der Waals surface area contributed by atoms with Crippen molar-refractivity contribution in [2.45, 2.75) is 12.1 Å². The third-order valence-electron chi connectivity index (χ3n) is 6.16. The summed E-state index contributed by atoms with van der Waals surface area (Å²) in [4.78, 5) is 36.5. The third kappa shape index (κ3) is 5.22. The predicted octanol–water partition coefficient (Wildman–Crippen LogP) is 5.41. The lowest BCUT2D eigenvalue weighted by atomic mass is 9.77. The number of rotatable bonds is 11. The Bertz CT molecular complexity index is 1540. The number of aliphatic carboxylic acids is 1. The molecule has 9 nitrogen and oxygen atoms in total. The molecule has 40 heavy (non-hydrogen) atoms. The van der Waals surface area contributed by atoms with Crippen molar-refractivity contribution in [1.82, 2.24) is 14.5 Å². The second-order valence-corrected chi connectivity index (χ2v) is 10.1. The zero-order valence-corrected chi connectivity index (χ0v) is 22.4. The fraction of sp³-hybridized carbons (Fsp3) is 0.0690. The molecule has 0 saturated heterocycles. The van der Waals surface area contributed by atoms with Gasteiger partial charge in [0, 0.05) is 6.20 Å². The number of carbonyl (C=O) groups excluding carboxylic acids is 1. The number of hydrogen-bond acceptors (Lipinski definition) is 7. The van der Waals surface area contributed by atoms with Gasteiger partial charge in [-0.15, -0.1) is 0 Å². The number of nitrogens with zero attached hydrogens (tertiary/aromatic N) is 4. The van der Waals surface area contributed by atoms with Gasteiger partial charge in [-0.2, -0.15) is 0 Å². The number of thiazole rings is 1. The Hall–Kier alpha value is -4.80. The predicted molar refractivity (Wildman–Crippen MR) is 153 cm³/mol. The van der Waals surface area contributed by atoms with Gasteiger partial charge in [0.1, 0.15) is 15.6 Å². The molecule has 5 rings (SSSR count). The van der Waals surface area contributed by atoms with Crippen molar-refractivity contribution in [2.75, 3.05) is 5.32 Å². The fourth-order valence-corrected chi connectivity index (χ4v) is 5.52. The first-order valence-electron chi connectivity index (χ1n) is 12.0. The number of nitrogens with one attached hydrogen (secondary N) is 1. The molecule has 0 unspecified atom stereocenters. The highest BCUT2D eigenvalue weighted by atomic mass is 35.5. The van der Waals surface area contributed by atoms with Gasteiger partial charge in [0.05, 0.1) is 12.0 Å². The van der Waals surface area contributed by atoms with Crippen LogP contribution in [0.25, 0.3) is 0 Å². The van der Waals surface area contributed by atoms with E-state index < -0.39 is 17.2 Å². The lowest BCUT2D eigenvalue weighted by molar-refractivity contribution is -0.129. The zero-order valence-electron chi connectivity index (χ0n) is 20.8. The average Bonchev–Trinajstić information content (AvgIpc) is 3.60. The van der Waals surface area contributed by atoms with Crippen LogP contribution in [0.1, 0.15) is 28.1 Å². The number of oxime groups is 1. The van der Waals surface area contributed by atoms with Crippen LogP contribution in [0.15, 0.2) is 109 Å². The monoisotopic (exact) mass is 571 g/mol. The first-order chi connectivity index (χ1) is 19.5. The SMILES string of the molecule is O=CNc1nc(C(=NOCc2cn(C(c3ccccc3)(c3ccccc3)c3ccccc3)cn2)C(=O)O)c(Cl)s1. The molecule has 200 valence electrons. The molecular formula is C29H22ClN5O4S. The highest BCUT2D eigenvalue weighted by Gasteiger charge is 2.38. The van der Waals surface area contributed by atoms with Crippen molar-refractivity contribution in [1.29, 1.82) is 0 Å². The Kier molecular flexibility index (Phi) is 7.99. The van der Waals surface area contributed by atoms with Crippen molar-refractivity contribution in [3.63, 3.8) is 0 Å². The molecule has 0 aliphatic heterocycles. The summed E-state index contributed by atoms with van der Waals surface area (Å²) in [5.41, 5.74) is 2.26. The molecule has 0 aliphatic rings. The van der Waals surface area contributed by atoms with Crippen molar-refractivity contribution < 1.29 is 19.5 Å². The van der Waals surface area contributed by atoms with Crippen LogP contribution in [0.4, 0.5) is 5.13 Å². The molecule has 0 radical (unpaired) electrons. The molecule has 0 saturated carbocycles. The second-order valence-electron chi connectivity index (χ2n) is 8.50. The van der Waals surface area contributed by atoms with Crippen LogP contribution < -0.4 is 5.32 Å². The molecule has 0 fully saturated rings. The molecule has 2 N–H and O–H groups in total. The van der Waals surface area contributed by atoms with Gasteiger partial charge in [0.15, 0.2) is 11.7 Å².